The van der Waals surface area contributed by atoms with Gasteiger partial charge in [-0.1, -0.05) is 23.8 Å². The highest BCUT2D eigenvalue weighted by atomic mass is 32.1. The van der Waals surface area contributed by atoms with Crippen LogP contribution in [0.25, 0.3) is 21.6 Å². The molecule has 26 heavy (non-hydrogen) atoms. The van der Waals surface area contributed by atoms with Crippen LogP contribution in [-0.2, 0) is 6.42 Å². The maximum Gasteiger partial charge on any atom is 0.163 e. The lowest BCUT2D eigenvalue weighted by Gasteiger charge is -2.03. The molecular formula is C20H15F2N3S. The number of thiophene rings is 1. The number of halogens is 2. The Morgan fingerprint density at radius 2 is 1.77 bits per heavy atom. The number of hydrogen-bond acceptors (Lipinski definition) is 4. The van der Waals surface area contributed by atoms with E-state index in [1.165, 1.54) is 23.5 Å². The van der Waals surface area contributed by atoms with Crippen LogP contribution < -0.4 is 5.73 Å². The van der Waals surface area contributed by atoms with Gasteiger partial charge in [0.05, 0.1) is 5.39 Å². The highest BCUT2D eigenvalue weighted by Gasteiger charge is 2.12. The van der Waals surface area contributed by atoms with Crippen molar-refractivity contribution in [1.29, 1.82) is 0 Å². The number of nitrogen functional groups attached to an aromatic ring is 1. The van der Waals surface area contributed by atoms with Gasteiger partial charge in [0, 0.05) is 22.9 Å². The highest BCUT2D eigenvalue weighted by molar-refractivity contribution is 7.18. The van der Waals surface area contributed by atoms with Crippen molar-refractivity contribution in [3.63, 3.8) is 0 Å². The molecule has 3 nitrogen and oxygen atoms in total. The topological polar surface area (TPSA) is 51.8 Å². The summed E-state index contributed by atoms with van der Waals surface area (Å²) in [4.78, 5) is 10.7. The molecule has 2 aromatic heterocycles. The van der Waals surface area contributed by atoms with E-state index < -0.39 is 11.6 Å². The molecule has 0 saturated carbocycles. The van der Waals surface area contributed by atoms with E-state index in [0.29, 0.717) is 23.6 Å². The van der Waals surface area contributed by atoms with Crippen LogP contribution in [0.15, 0.2) is 48.5 Å². The van der Waals surface area contributed by atoms with E-state index in [0.717, 1.165) is 32.3 Å². The Morgan fingerprint density at radius 1 is 1.00 bits per heavy atom. The summed E-state index contributed by atoms with van der Waals surface area (Å²) in [5.74, 6) is -0.187. The lowest BCUT2D eigenvalue weighted by molar-refractivity contribution is 0.580. The second kappa shape index (κ2) is 6.46. The number of nitrogens with two attached hydrogens (primary N) is 1. The maximum absolute atomic E-state index is 13.4. The summed E-state index contributed by atoms with van der Waals surface area (Å²) in [6, 6.07) is 13.3. The van der Waals surface area contributed by atoms with Crippen LogP contribution in [0.5, 0.6) is 0 Å². The molecule has 4 aromatic rings. The molecule has 0 aliphatic carbocycles. The molecule has 0 unspecified atom stereocenters. The quantitative estimate of drug-likeness (QED) is 0.547. The molecule has 2 aromatic carbocycles. The average Bonchev–Trinajstić information content (AvgIpc) is 2.97. The van der Waals surface area contributed by atoms with Crippen molar-refractivity contribution in [2.45, 2.75) is 13.3 Å². The summed E-state index contributed by atoms with van der Waals surface area (Å²) in [6.45, 7) is 2.01. The molecule has 2 heterocycles. The fourth-order valence-electron chi connectivity index (χ4n) is 2.91. The number of anilines is 1. The number of hydrogen-bond donors (Lipinski definition) is 1. The van der Waals surface area contributed by atoms with Crippen molar-refractivity contribution in [2.75, 3.05) is 5.73 Å². The zero-order valence-electron chi connectivity index (χ0n) is 14.0. The molecule has 130 valence electrons. The molecule has 0 radical (unpaired) electrons. The van der Waals surface area contributed by atoms with Gasteiger partial charge in [-0.2, -0.15) is 0 Å². The van der Waals surface area contributed by atoms with Crippen LogP contribution in [0.3, 0.4) is 0 Å². The van der Waals surface area contributed by atoms with E-state index in [9.17, 15) is 8.78 Å². The number of benzene rings is 2. The summed E-state index contributed by atoms with van der Waals surface area (Å²) in [5, 5.41) is 0.762. The van der Waals surface area contributed by atoms with E-state index in [1.807, 2.05) is 37.3 Å². The molecule has 0 aliphatic heterocycles. The third kappa shape index (κ3) is 3.28. The minimum absolute atomic E-state index is 0.402. The van der Waals surface area contributed by atoms with E-state index >= 15 is 0 Å². The summed E-state index contributed by atoms with van der Waals surface area (Å²) >= 11 is 1.46. The first-order chi connectivity index (χ1) is 12.5. The zero-order valence-corrected chi connectivity index (χ0v) is 14.8. The van der Waals surface area contributed by atoms with E-state index in [2.05, 4.69) is 9.97 Å². The predicted molar refractivity (Wildman–Crippen MR) is 101 cm³/mol. The van der Waals surface area contributed by atoms with Crippen LogP contribution in [-0.4, -0.2) is 9.97 Å². The molecule has 0 saturated heterocycles. The van der Waals surface area contributed by atoms with Crippen molar-refractivity contribution in [3.05, 3.63) is 76.2 Å². The molecular weight excluding hydrogens is 352 g/mol. The smallest absolute Gasteiger partial charge is 0.163 e. The Bertz CT molecular complexity index is 1100. The third-order valence-corrected chi connectivity index (χ3v) is 5.08. The molecule has 0 atom stereocenters. The SMILES string of the molecule is Cc1cccc(-c2nc(N)c3cc(Cc4cc(F)cc(F)c4)sc3n2)c1. The Morgan fingerprint density at radius 3 is 2.50 bits per heavy atom. The number of rotatable bonds is 3. The molecule has 6 heteroatoms. The van der Waals surface area contributed by atoms with Crippen LogP contribution in [0.2, 0.25) is 0 Å². The molecule has 2 N–H and O–H groups in total. The van der Waals surface area contributed by atoms with Gasteiger partial charge in [0.25, 0.3) is 0 Å². The fraction of sp³-hybridized carbons (Fsp3) is 0.100. The second-order valence-electron chi connectivity index (χ2n) is 6.19. The van der Waals surface area contributed by atoms with Crippen molar-refractivity contribution in [2.24, 2.45) is 0 Å². The number of nitrogens with zero attached hydrogens (tertiary/aromatic N) is 2. The van der Waals surface area contributed by atoms with Crippen LogP contribution in [0.4, 0.5) is 14.6 Å². The molecule has 0 fully saturated rings. The van der Waals surface area contributed by atoms with Gasteiger partial charge < -0.3 is 5.73 Å². The molecule has 4 rings (SSSR count). The lowest BCUT2D eigenvalue weighted by Crippen LogP contribution is -1.96. The van der Waals surface area contributed by atoms with Crippen LogP contribution in [0, 0.1) is 18.6 Å². The number of aromatic nitrogens is 2. The second-order valence-corrected chi connectivity index (χ2v) is 7.30. The summed E-state index contributed by atoms with van der Waals surface area (Å²) < 4.78 is 26.8. The molecule has 0 spiro atoms. The zero-order chi connectivity index (χ0) is 18.3. The van der Waals surface area contributed by atoms with Crippen LogP contribution >= 0.6 is 11.3 Å². The highest BCUT2D eigenvalue weighted by Crippen LogP contribution is 2.31. The predicted octanol–water partition coefficient (Wildman–Crippen LogP) is 5.12. The summed E-state index contributed by atoms with van der Waals surface area (Å²) in [6.07, 6.45) is 0.412. The first-order valence-electron chi connectivity index (χ1n) is 8.06. The van der Waals surface area contributed by atoms with Gasteiger partial charge in [0.1, 0.15) is 22.3 Å². The van der Waals surface area contributed by atoms with Gasteiger partial charge in [-0.25, -0.2) is 18.7 Å². The third-order valence-electron chi connectivity index (χ3n) is 4.05. The van der Waals surface area contributed by atoms with Gasteiger partial charge in [0.2, 0.25) is 0 Å². The normalized spacial score (nSPS) is 11.2. The number of aryl methyl sites for hydroxylation is 1. The van der Waals surface area contributed by atoms with Crippen molar-refractivity contribution in [1.82, 2.24) is 9.97 Å². The van der Waals surface area contributed by atoms with E-state index in [1.54, 1.807) is 0 Å². The number of fused-ring (bicyclic) bond motifs is 1. The maximum atomic E-state index is 13.4. The molecule has 0 aliphatic rings. The molecule has 0 bridgehead atoms. The largest absolute Gasteiger partial charge is 0.383 e. The van der Waals surface area contributed by atoms with E-state index in [-0.39, 0.29) is 0 Å². The van der Waals surface area contributed by atoms with Crippen molar-refractivity contribution in [3.8, 4) is 11.4 Å². The summed E-state index contributed by atoms with van der Waals surface area (Å²) in [7, 11) is 0. The van der Waals surface area contributed by atoms with Crippen molar-refractivity contribution < 1.29 is 8.78 Å². The van der Waals surface area contributed by atoms with Crippen molar-refractivity contribution >= 4 is 27.4 Å². The minimum Gasteiger partial charge on any atom is -0.383 e. The average molecular weight is 367 g/mol. The Balaban J connectivity index is 1.74. The first kappa shape index (κ1) is 16.6. The standard InChI is InChI=1S/C20H15F2N3S/c1-11-3-2-4-13(5-11)19-24-18(23)17-10-16(26-20(17)25-19)8-12-6-14(21)9-15(22)7-12/h2-7,9-10H,8H2,1H3,(H2,23,24,25). The van der Waals surface area contributed by atoms with Gasteiger partial charge in [0.15, 0.2) is 5.82 Å². The van der Waals surface area contributed by atoms with Gasteiger partial charge >= 0.3 is 0 Å². The first-order valence-corrected chi connectivity index (χ1v) is 8.87. The Labute approximate surface area is 153 Å². The summed E-state index contributed by atoms with van der Waals surface area (Å²) in [5.41, 5.74) is 8.71. The van der Waals surface area contributed by atoms with Gasteiger partial charge in [-0.15, -0.1) is 11.3 Å². The Hall–Kier alpha value is -2.86. The monoisotopic (exact) mass is 367 g/mol. The van der Waals surface area contributed by atoms with Gasteiger partial charge in [-0.05, 0) is 36.8 Å². The Kier molecular flexibility index (Phi) is 4.12. The van der Waals surface area contributed by atoms with E-state index in [4.69, 9.17) is 5.73 Å². The molecule has 0 amide bonds. The fourth-order valence-corrected chi connectivity index (χ4v) is 3.98. The lowest BCUT2D eigenvalue weighted by atomic mass is 10.1. The minimum atomic E-state index is -0.581. The van der Waals surface area contributed by atoms with Crippen LogP contribution in [0.1, 0.15) is 16.0 Å². The van der Waals surface area contributed by atoms with Gasteiger partial charge in [-0.3, -0.25) is 0 Å².